The van der Waals surface area contributed by atoms with Gasteiger partial charge in [-0.05, 0) is 22.0 Å². The summed E-state index contributed by atoms with van der Waals surface area (Å²) in [5.41, 5.74) is 0. The summed E-state index contributed by atoms with van der Waals surface area (Å²) in [5, 5.41) is 11.4. The smallest absolute Gasteiger partial charge is 0.140 e. The topological polar surface area (TPSA) is 55.6 Å². The monoisotopic (exact) mass is 301 g/mol. The second-order valence-electron chi connectivity index (χ2n) is 3.08. The fourth-order valence-electron chi connectivity index (χ4n) is 1.19. The van der Waals surface area contributed by atoms with E-state index in [1.165, 1.54) is 0 Å². The van der Waals surface area contributed by atoms with E-state index in [4.69, 9.17) is 11.6 Å². The van der Waals surface area contributed by atoms with Crippen molar-refractivity contribution in [1.82, 2.24) is 20.0 Å². The van der Waals surface area contributed by atoms with Gasteiger partial charge in [0.15, 0.2) is 0 Å². The van der Waals surface area contributed by atoms with Gasteiger partial charge in [0.2, 0.25) is 0 Å². The van der Waals surface area contributed by atoms with E-state index in [9.17, 15) is 0 Å². The fourth-order valence-corrected chi connectivity index (χ4v) is 1.96. The van der Waals surface area contributed by atoms with Crippen molar-refractivity contribution >= 4 is 33.3 Å². The molecule has 84 valence electrons. The van der Waals surface area contributed by atoms with Crippen LogP contribution in [-0.2, 0) is 6.54 Å². The molecule has 0 saturated heterocycles. The number of halogens is 2. The molecular weight excluding hydrogens is 293 g/mol. The number of hydrogen-bond acceptors (Lipinski definition) is 4. The summed E-state index contributed by atoms with van der Waals surface area (Å²) in [6.07, 6.45) is 5.06. The highest BCUT2D eigenvalue weighted by Gasteiger charge is 2.01. The van der Waals surface area contributed by atoms with Gasteiger partial charge in [-0.3, -0.25) is 4.68 Å². The molecule has 0 spiro atoms. The van der Waals surface area contributed by atoms with Crippen molar-refractivity contribution in [3.63, 3.8) is 0 Å². The lowest BCUT2D eigenvalue weighted by Gasteiger charge is -2.07. The molecule has 0 aliphatic carbocycles. The van der Waals surface area contributed by atoms with E-state index >= 15 is 0 Å². The van der Waals surface area contributed by atoms with Crippen molar-refractivity contribution < 1.29 is 0 Å². The van der Waals surface area contributed by atoms with Gasteiger partial charge in [-0.2, -0.15) is 0 Å². The quantitative estimate of drug-likeness (QED) is 0.941. The van der Waals surface area contributed by atoms with E-state index in [2.05, 4.69) is 36.5 Å². The Kier molecular flexibility index (Phi) is 3.74. The van der Waals surface area contributed by atoms with Crippen molar-refractivity contribution in [2.45, 2.75) is 6.54 Å². The van der Waals surface area contributed by atoms with Gasteiger partial charge in [0, 0.05) is 18.9 Å². The van der Waals surface area contributed by atoms with Gasteiger partial charge in [-0.25, -0.2) is 4.98 Å². The molecular formula is C9H9BrClN5. The molecule has 0 amide bonds. The highest BCUT2D eigenvalue weighted by Crippen LogP contribution is 2.22. The SMILES string of the molecule is Clc1cnc(NCCn2ccnn2)c(Br)c1. The molecule has 0 aliphatic rings. The third-order valence-electron chi connectivity index (χ3n) is 1.91. The van der Waals surface area contributed by atoms with Crippen LogP contribution < -0.4 is 5.32 Å². The molecule has 2 aromatic heterocycles. The van der Waals surface area contributed by atoms with E-state index in [0.717, 1.165) is 23.4 Å². The second-order valence-corrected chi connectivity index (χ2v) is 4.37. The Balaban J connectivity index is 1.90. The van der Waals surface area contributed by atoms with Crippen LogP contribution in [0.3, 0.4) is 0 Å². The summed E-state index contributed by atoms with van der Waals surface area (Å²) < 4.78 is 2.59. The zero-order valence-corrected chi connectivity index (χ0v) is 10.6. The lowest BCUT2D eigenvalue weighted by Crippen LogP contribution is -2.12. The molecule has 0 unspecified atom stereocenters. The Morgan fingerprint density at radius 1 is 1.50 bits per heavy atom. The van der Waals surface area contributed by atoms with E-state index in [0.29, 0.717) is 5.02 Å². The average Bonchev–Trinajstić information content (AvgIpc) is 2.74. The van der Waals surface area contributed by atoms with Gasteiger partial charge in [-0.15, -0.1) is 5.10 Å². The van der Waals surface area contributed by atoms with Crippen LogP contribution in [0.5, 0.6) is 0 Å². The maximum absolute atomic E-state index is 5.79. The van der Waals surface area contributed by atoms with Crippen LogP contribution in [0, 0.1) is 0 Å². The third-order valence-corrected chi connectivity index (χ3v) is 2.72. The molecule has 0 atom stereocenters. The van der Waals surface area contributed by atoms with Gasteiger partial charge >= 0.3 is 0 Å². The molecule has 0 fully saturated rings. The Morgan fingerprint density at radius 3 is 3.06 bits per heavy atom. The standard InChI is InChI=1S/C9H9BrClN5/c10-8-5-7(11)6-13-9(8)12-1-3-16-4-2-14-15-16/h2,4-6H,1,3H2,(H,12,13). The number of hydrogen-bond donors (Lipinski definition) is 1. The molecule has 0 bridgehead atoms. The summed E-state index contributed by atoms with van der Waals surface area (Å²) >= 11 is 9.17. The lowest BCUT2D eigenvalue weighted by atomic mass is 10.4. The van der Waals surface area contributed by atoms with Gasteiger partial charge in [0.25, 0.3) is 0 Å². The molecule has 2 rings (SSSR count). The van der Waals surface area contributed by atoms with Crippen molar-refractivity contribution in [2.75, 3.05) is 11.9 Å². The molecule has 7 heteroatoms. The summed E-state index contributed by atoms with van der Waals surface area (Å²) in [7, 11) is 0. The van der Waals surface area contributed by atoms with E-state index in [1.807, 2.05) is 6.20 Å². The third kappa shape index (κ3) is 2.93. The minimum Gasteiger partial charge on any atom is -0.367 e. The first-order valence-electron chi connectivity index (χ1n) is 4.65. The Morgan fingerprint density at radius 2 is 2.38 bits per heavy atom. The second kappa shape index (κ2) is 5.27. The van der Waals surface area contributed by atoms with Crippen LogP contribution in [0.15, 0.2) is 29.1 Å². The summed E-state index contributed by atoms with van der Waals surface area (Å²) in [6.45, 7) is 1.45. The van der Waals surface area contributed by atoms with Crippen molar-refractivity contribution in [3.8, 4) is 0 Å². The molecule has 2 aromatic rings. The number of nitrogens with one attached hydrogen (secondary N) is 1. The molecule has 2 heterocycles. The normalized spacial score (nSPS) is 10.4. The largest absolute Gasteiger partial charge is 0.367 e. The van der Waals surface area contributed by atoms with Gasteiger partial charge in [0.05, 0.1) is 22.2 Å². The highest BCUT2D eigenvalue weighted by molar-refractivity contribution is 9.10. The van der Waals surface area contributed by atoms with E-state index < -0.39 is 0 Å². The van der Waals surface area contributed by atoms with Crippen LogP contribution in [-0.4, -0.2) is 26.5 Å². The zero-order valence-electron chi connectivity index (χ0n) is 8.27. The van der Waals surface area contributed by atoms with Gasteiger partial charge in [0.1, 0.15) is 5.82 Å². The van der Waals surface area contributed by atoms with Crippen LogP contribution >= 0.6 is 27.5 Å². The maximum atomic E-state index is 5.79. The van der Waals surface area contributed by atoms with E-state index in [1.54, 1.807) is 23.1 Å². The fraction of sp³-hybridized carbons (Fsp3) is 0.222. The first kappa shape index (κ1) is 11.3. The molecule has 16 heavy (non-hydrogen) atoms. The number of nitrogens with zero attached hydrogens (tertiary/aromatic N) is 4. The first-order chi connectivity index (χ1) is 7.75. The van der Waals surface area contributed by atoms with Crippen LogP contribution in [0.2, 0.25) is 5.02 Å². The Hall–Kier alpha value is -1.14. The first-order valence-corrected chi connectivity index (χ1v) is 5.82. The van der Waals surface area contributed by atoms with Crippen molar-refractivity contribution in [2.24, 2.45) is 0 Å². The molecule has 0 radical (unpaired) electrons. The number of anilines is 1. The molecule has 0 aromatic carbocycles. The predicted molar refractivity (Wildman–Crippen MR) is 65.5 cm³/mol. The molecule has 0 aliphatic heterocycles. The minimum atomic E-state index is 0.605. The Labute approximate surface area is 106 Å². The molecule has 1 N–H and O–H groups in total. The summed E-state index contributed by atoms with van der Waals surface area (Å²) in [4.78, 5) is 4.16. The van der Waals surface area contributed by atoms with Crippen LogP contribution in [0.25, 0.3) is 0 Å². The van der Waals surface area contributed by atoms with Crippen molar-refractivity contribution in [3.05, 3.63) is 34.2 Å². The average molecular weight is 303 g/mol. The lowest BCUT2D eigenvalue weighted by molar-refractivity contribution is 0.608. The van der Waals surface area contributed by atoms with Crippen LogP contribution in [0.1, 0.15) is 0 Å². The Bertz CT molecular complexity index is 459. The minimum absolute atomic E-state index is 0.605. The highest BCUT2D eigenvalue weighted by atomic mass is 79.9. The maximum Gasteiger partial charge on any atom is 0.140 e. The van der Waals surface area contributed by atoms with Crippen LogP contribution in [0.4, 0.5) is 5.82 Å². The van der Waals surface area contributed by atoms with Gasteiger partial charge < -0.3 is 5.32 Å². The van der Waals surface area contributed by atoms with Crippen molar-refractivity contribution in [1.29, 1.82) is 0 Å². The molecule has 5 nitrogen and oxygen atoms in total. The summed E-state index contributed by atoms with van der Waals surface area (Å²) in [5.74, 6) is 0.768. The number of aromatic nitrogens is 4. The zero-order chi connectivity index (χ0) is 11.4. The molecule has 0 saturated carbocycles. The predicted octanol–water partition coefficient (Wildman–Crippen LogP) is 2.20. The van der Waals surface area contributed by atoms with Gasteiger partial charge in [-0.1, -0.05) is 16.8 Å². The summed E-state index contributed by atoms with van der Waals surface area (Å²) in [6, 6.07) is 1.80. The number of rotatable bonds is 4. The number of pyridine rings is 1. The van der Waals surface area contributed by atoms with E-state index in [-0.39, 0.29) is 0 Å².